The number of aryl methyl sites for hydroxylation is 2. The molecule has 0 saturated carbocycles. The predicted octanol–water partition coefficient (Wildman–Crippen LogP) is 5.44. The van der Waals surface area contributed by atoms with Crippen molar-refractivity contribution in [3.8, 4) is 23.0 Å². The van der Waals surface area contributed by atoms with Gasteiger partial charge in [-0.2, -0.15) is 0 Å². The number of ether oxygens (including phenoxy) is 4. The first-order valence-corrected chi connectivity index (χ1v) is 11.6. The van der Waals surface area contributed by atoms with Crippen molar-refractivity contribution < 1.29 is 28.8 Å². The van der Waals surface area contributed by atoms with Crippen molar-refractivity contribution in [2.24, 2.45) is 0 Å². The molecule has 1 N–H and O–H groups in total. The average molecular weight is 443 g/mol. The minimum absolute atomic E-state index is 0.426. The van der Waals surface area contributed by atoms with E-state index in [2.05, 4.69) is 13.0 Å². The SMILES string of the molecule is CCCc1cc(OCC)ccc1OCCCOc1ccc2c(c1)OC(CC)(C(=O)O)CC2. The fraction of sp³-hybridized carbons (Fsp3) is 0.500. The molecule has 174 valence electrons. The van der Waals surface area contributed by atoms with E-state index < -0.39 is 11.6 Å². The lowest BCUT2D eigenvalue weighted by Gasteiger charge is -2.34. The summed E-state index contributed by atoms with van der Waals surface area (Å²) < 4.78 is 23.4. The van der Waals surface area contributed by atoms with Gasteiger partial charge in [-0.05, 0) is 61.6 Å². The maximum absolute atomic E-state index is 11.7. The fourth-order valence-corrected chi connectivity index (χ4v) is 3.92. The van der Waals surface area contributed by atoms with Gasteiger partial charge in [-0.15, -0.1) is 0 Å². The molecule has 0 fully saturated rings. The molecule has 1 unspecified atom stereocenters. The van der Waals surface area contributed by atoms with Crippen molar-refractivity contribution in [2.75, 3.05) is 19.8 Å². The number of carboxylic acids is 1. The Balaban J connectivity index is 1.52. The van der Waals surface area contributed by atoms with Crippen LogP contribution in [0.1, 0.15) is 57.6 Å². The second kappa shape index (κ2) is 11.1. The maximum Gasteiger partial charge on any atom is 0.348 e. The average Bonchev–Trinajstić information content (AvgIpc) is 2.79. The van der Waals surface area contributed by atoms with Crippen LogP contribution in [-0.2, 0) is 17.6 Å². The lowest BCUT2D eigenvalue weighted by atomic mass is 9.89. The van der Waals surface area contributed by atoms with Crippen LogP contribution in [-0.4, -0.2) is 36.5 Å². The molecule has 6 nitrogen and oxygen atoms in total. The molecule has 1 heterocycles. The molecule has 0 bridgehead atoms. The normalized spacial score (nSPS) is 17.2. The quantitative estimate of drug-likeness (QED) is 0.441. The number of rotatable bonds is 12. The summed E-state index contributed by atoms with van der Waals surface area (Å²) in [5, 5.41) is 9.60. The Morgan fingerprint density at radius 2 is 1.78 bits per heavy atom. The third kappa shape index (κ3) is 5.67. The second-order valence-corrected chi connectivity index (χ2v) is 8.03. The summed E-state index contributed by atoms with van der Waals surface area (Å²) >= 11 is 0. The van der Waals surface area contributed by atoms with Crippen LogP contribution >= 0.6 is 0 Å². The number of carboxylic acid groups (broad SMARTS) is 1. The van der Waals surface area contributed by atoms with Gasteiger partial charge in [-0.3, -0.25) is 0 Å². The monoisotopic (exact) mass is 442 g/mol. The van der Waals surface area contributed by atoms with Crippen molar-refractivity contribution in [2.45, 2.75) is 64.9 Å². The van der Waals surface area contributed by atoms with Crippen LogP contribution in [0.2, 0.25) is 0 Å². The molecule has 0 aliphatic carbocycles. The van der Waals surface area contributed by atoms with E-state index in [1.807, 2.05) is 38.1 Å². The van der Waals surface area contributed by atoms with E-state index in [9.17, 15) is 9.90 Å². The summed E-state index contributed by atoms with van der Waals surface area (Å²) in [5.74, 6) is 2.13. The van der Waals surface area contributed by atoms with Crippen molar-refractivity contribution in [1.29, 1.82) is 0 Å². The van der Waals surface area contributed by atoms with E-state index >= 15 is 0 Å². The number of hydrogen-bond acceptors (Lipinski definition) is 5. The minimum atomic E-state index is -1.15. The van der Waals surface area contributed by atoms with Gasteiger partial charge >= 0.3 is 5.97 Å². The van der Waals surface area contributed by atoms with Gasteiger partial charge in [0.1, 0.15) is 23.0 Å². The van der Waals surface area contributed by atoms with Crippen LogP contribution in [0, 0.1) is 0 Å². The van der Waals surface area contributed by atoms with Gasteiger partial charge in [-0.1, -0.05) is 26.3 Å². The first-order valence-electron chi connectivity index (χ1n) is 11.6. The van der Waals surface area contributed by atoms with E-state index in [-0.39, 0.29) is 0 Å². The number of hydrogen-bond donors (Lipinski definition) is 1. The van der Waals surface area contributed by atoms with Gasteiger partial charge in [0.25, 0.3) is 0 Å². The lowest BCUT2D eigenvalue weighted by Crippen LogP contribution is -2.46. The molecule has 3 rings (SSSR count). The van der Waals surface area contributed by atoms with Crippen molar-refractivity contribution in [1.82, 2.24) is 0 Å². The Hall–Kier alpha value is -2.89. The van der Waals surface area contributed by atoms with Crippen molar-refractivity contribution in [3.05, 3.63) is 47.5 Å². The molecule has 0 spiro atoms. The van der Waals surface area contributed by atoms with E-state index in [0.717, 1.165) is 41.9 Å². The first-order chi connectivity index (χ1) is 15.5. The molecular weight excluding hydrogens is 408 g/mol. The zero-order chi connectivity index (χ0) is 23.0. The third-order valence-electron chi connectivity index (χ3n) is 5.78. The molecule has 0 amide bonds. The molecule has 2 aromatic carbocycles. The smallest absolute Gasteiger partial charge is 0.348 e. The summed E-state index contributed by atoms with van der Waals surface area (Å²) in [6.07, 6.45) is 4.30. The Kier molecular flexibility index (Phi) is 8.26. The second-order valence-electron chi connectivity index (χ2n) is 8.03. The lowest BCUT2D eigenvalue weighted by molar-refractivity contribution is -0.157. The van der Waals surface area contributed by atoms with Crippen LogP contribution in [0.4, 0.5) is 0 Å². The van der Waals surface area contributed by atoms with Crippen LogP contribution in [0.3, 0.4) is 0 Å². The number of benzene rings is 2. The van der Waals surface area contributed by atoms with E-state index in [4.69, 9.17) is 18.9 Å². The number of carbonyl (C=O) groups is 1. The standard InChI is InChI=1S/C26H34O6/c1-4-8-20-17-21(29-6-3)11-12-23(20)31-16-7-15-30-22-10-9-19-13-14-26(5-2,25(27)28)32-24(19)18-22/h9-12,17-18H,4-8,13-16H2,1-3H3,(H,27,28). The summed E-state index contributed by atoms with van der Waals surface area (Å²) in [6, 6.07) is 11.6. The maximum atomic E-state index is 11.7. The largest absolute Gasteiger partial charge is 0.494 e. The van der Waals surface area contributed by atoms with E-state index in [1.54, 1.807) is 6.07 Å². The minimum Gasteiger partial charge on any atom is -0.494 e. The molecule has 32 heavy (non-hydrogen) atoms. The molecule has 0 saturated heterocycles. The third-order valence-corrected chi connectivity index (χ3v) is 5.78. The highest BCUT2D eigenvalue weighted by molar-refractivity contribution is 5.78. The Labute approximate surface area is 190 Å². The zero-order valence-electron chi connectivity index (χ0n) is 19.3. The van der Waals surface area contributed by atoms with Gasteiger partial charge in [0.15, 0.2) is 0 Å². The molecule has 1 atom stereocenters. The van der Waals surface area contributed by atoms with Gasteiger partial charge in [0.2, 0.25) is 5.60 Å². The summed E-state index contributed by atoms with van der Waals surface area (Å²) in [5.41, 5.74) is 1.03. The molecule has 0 aromatic heterocycles. The van der Waals surface area contributed by atoms with Crippen molar-refractivity contribution in [3.63, 3.8) is 0 Å². The van der Waals surface area contributed by atoms with E-state index in [0.29, 0.717) is 50.6 Å². The molecule has 0 radical (unpaired) electrons. The summed E-state index contributed by atoms with van der Waals surface area (Å²) in [4.78, 5) is 11.7. The highest BCUT2D eigenvalue weighted by atomic mass is 16.5. The van der Waals surface area contributed by atoms with Gasteiger partial charge in [0.05, 0.1) is 19.8 Å². The fourth-order valence-electron chi connectivity index (χ4n) is 3.92. The highest BCUT2D eigenvalue weighted by Gasteiger charge is 2.42. The number of aliphatic carboxylic acids is 1. The van der Waals surface area contributed by atoms with Crippen molar-refractivity contribution >= 4 is 5.97 Å². The molecule has 2 aromatic rings. The summed E-state index contributed by atoms with van der Waals surface area (Å²) in [7, 11) is 0. The molecule has 1 aliphatic rings. The number of fused-ring (bicyclic) bond motifs is 1. The van der Waals surface area contributed by atoms with Gasteiger partial charge < -0.3 is 24.1 Å². The van der Waals surface area contributed by atoms with Crippen LogP contribution in [0.5, 0.6) is 23.0 Å². The van der Waals surface area contributed by atoms with E-state index in [1.165, 1.54) is 0 Å². The molecule has 6 heteroatoms. The predicted molar refractivity (Wildman–Crippen MR) is 123 cm³/mol. The van der Waals surface area contributed by atoms with Crippen LogP contribution in [0.25, 0.3) is 0 Å². The highest BCUT2D eigenvalue weighted by Crippen LogP contribution is 2.37. The van der Waals surface area contributed by atoms with Gasteiger partial charge in [-0.25, -0.2) is 4.79 Å². The topological polar surface area (TPSA) is 74.2 Å². The first kappa shape index (κ1) is 23.8. The van der Waals surface area contributed by atoms with Crippen LogP contribution < -0.4 is 18.9 Å². The summed E-state index contributed by atoms with van der Waals surface area (Å²) in [6.45, 7) is 7.66. The Morgan fingerprint density at radius 3 is 2.50 bits per heavy atom. The zero-order valence-corrected chi connectivity index (χ0v) is 19.3. The molecule has 1 aliphatic heterocycles. The van der Waals surface area contributed by atoms with Crippen LogP contribution in [0.15, 0.2) is 36.4 Å². The van der Waals surface area contributed by atoms with Gasteiger partial charge in [0, 0.05) is 18.9 Å². The molecular formula is C26H34O6. The Morgan fingerprint density at radius 1 is 1.03 bits per heavy atom. The Bertz CT molecular complexity index is 909.